The monoisotopic (exact) mass is 442 g/mol. The van der Waals surface area contributed by atoms with E-state index in [1.807, 2.05) is 0 Å². The van der Waals surface area contributed by atoms with Gasteiger partial charge in [0, 0.05) is 5.02 Å². The molecule has 28 heavy (non-hydrogen) atoms. The summed E-state index contributed by atoms with van der Waals surface area (Å²) in [5.74, 6) is -1.16. The number of unbranched alkanes of at least 4 members (excludes halogenated alkanes) is 4. The maximum Gasteiger partial charge on any atom is 0.343 e. The molecule has 150 valence electrons. The second-order valence-corrected chi connectivity index (χ2v) is 7.47. The molecule has 2 aromatic rings. The Kier molecular flexibility index (Phi) is 9.10. The van der Waals surface area contributed by atoms with Gasteiger partial charge in [0.15, 0.2) is 5.75 Å². The van der Waals surface area contributed by atoms with Gasteiger partial charge >= 0.3 is 11.9 Å². The third-order valence-electron chi connectivity index (χ3n) is 3.97. The summed E-state index contributed by atoms with van der Waals surface area (Å²) < 4.78 is 10.5. The molecule has 2 rings (SSSR count). The Labute approximate surface area is 179 Å². The molecule has 0 unspecified atom stereocenters. The summed E-state index contributed by atoms with van der Waals surface area (Å²) in [5, 5.41) is 0.559. The summed E-state index contributed by atoms with van der Waals surface area (Å²) >= 11 is 17.9. The molecule has 0 aliphatic rings. The lowest BCUT2D eigenvalue weighted by atomic mass is 10.1. The molecule has 2 aromatic carbocycles. The van der Waals surface area contributed by atoms with E-state index in [0.29, 0.717) is 11.6 Å². The predicted molar refractivity (Wildman–Crippen MR) is 112 cm³/mol. The van der Waals surface area contributed by atoms with E-state index in [1.54, 1.807) is 12.1 Å². The molecule has 0 saturated carbocycles. The van der Waals surface area contributed by atoms with Crippen molar-refractivity contribution in [3.05, 3.63) is 62.6 Å². The molecule has 0 amide bonds. The first-order chi connectivity index (χ1) is 13.4. The van der Waals surface area contributed by atoms with Gasteiger partial charge in [-0.05, 0) is 36.8 Å². The lowest BCUT2D eigenvalue weighted by molar-refractivity contribution is 0.0497. The zero-order chi connectivity index (χ0) is 20.5. The van der Waals surface area contributed by atoms with Gasteiger partial charge in [0.1, 0.15) is 0 Å². The molecule has 0 aromatic heterocycles. The standard InChI is InChI=1S/C21H21Cl3O4/c1-2-3-4-5-6-10-27-20(25)14-8-7-9-15(11-14)21(26)28-19-17(23)12-16(22)13-18(19)24/h7-9,11-13H,2-6,10H2,1H3. The number of esters is 2. The fourth-order valence-corrected chi connectivity index (χ4v) is 3.40. The Balaban J connectivity index is 1.98. The third kappa shape index (κ3) is 6.69. The summed E-state index contributed by atoms with van der Waals surface area (Å²) in [4.78, 5) is 24.6. The first-order valence-electron chi connectivity index (χ1n) is 9.06. The SMILES string of the molecule is CCCCCCCOC(=O)c1cccc(C(=O)Oc2c(Cl)cc(Cl)cc2Cl)c1. The van der Waals surface area contributed by atoms with Crippen LogP contribution in [0.3, 0.4) is 0 Å². The van der Waals surface area contributed by atoms with Crippen LogP contribution in [-0.4, -0.2) is 18.5 Å². The normalized spacial score (nSPS) is 10.6. The van der Waals surface area contributed by atoms with Crippen LogP contribution in [0.25, 0.3) is 0 Å². The fourth-order valence-electron chi connectivity index (χ4n) is 2.51. The summed E-state index contributed by atoms with van der Waals surface area (Å²) in [6.45, 7) is 2.50. The van der Waals surface area contributed by atoms with Crippen LogP contribution in [0.4, 0.5) is 0 Å². The quantitative estimate of drug-likeness (QED) is 0.238. The number of halogens is 3. The largest absolute Gasteiger partial charge is 0.462 e. The van der Waals surface area contributed by atoms with Crippen LogP contribution >= 0.6 is 34.8 Å². The number of carbonyl (C=O) groups is 2. The van der Waals surface area contributed by atoms with Crippen molar-refractivity contribution in [1.82, 2.24) is 0 Å². The molecular formula is C21H21Cl3O4. The molecule has 0 aliphatic heterocycles. The number of benzene rings is 2. The highest BCUT2D eigenvalue weighted by molar-refractivity contribution is 6.40. The Bertz CT molecular complexity index is 813. The number of carbonyl (C=O) groups excluding carboxylic acids is 2. The maximum absolute atomic E-state index is 12.4. The summed E-state index contributed by atoms with van der Waals surface area (Å²) in [7, 11) is 0. The van der Waals surface area contributed by atoms with Crippen molar-refractivity contribution in [2.45, 2.75) is 39.0 Å². The molecule has 7 heteroatoms. The highest BCUT2D eigenvalue weighted by Crippen LogP contribution is 2.36. The maximum atomic E-state index is 12.4. The topological polar surface area (TPSA) is 52.6 Å². The van der Waals surface area contributed by atoms with E-state index in [4.69, 9.17) is 44.3 Å². The summed E-state index contributed by atoms with van der Waals surface area (Å²) in [5.41, 5.74) is 0.454. The lowest BCUT2D eigenvalue weighted by Crippen LogP contribution is -2.12. The molecule has 0 radical (unpaired) electrons. The zero-order valence-electron chi connectivity index (χ0n) is 15.5. The number of hydrogen-bond donors (Lipinski definition) is 0. The van der Waals surface area contributed by atoms with Crippen LogP contribution in [-0.2, 0) is 4.74 Å². The van der Waals surface area contributed by atoms with Gasteiger partial charge in [-0.1, -0.05) is 73.5 Å². The molecule has 0 N–H and O–H groups in total. The van der Waals surface area contributed by atoms with E-state index in [9.17, 15) is 9.59 Å². The van der Waals surface area contributed by atoms with E-state index in [1.165, 1.54) is 30.7 Å². The van der Waals surface area contributed by atoms with Gasteiger partial charge in [-0.25, -0.2) is 9.59 Å². The minimum atomic E-state index is -0.694. The van der Waals surface area contributed by atoms with Gasteiger partial charge in [0.2, 0.25) is 0 Å². The first kappa shape index (κ1) is 22.5. The lowest BCUT2D eigenvalue weighted by Gasteiger charge is -2.10. The van der Waals surface area contributed by atoms with E-state index in [-0.39, 0.29) is 26.9 Å². The van der Waals surface area contributed by atoms with E-state index < -0.39 is 11.9 Å². The van der Waals surface area contributed by atoms with Crippen molar-refractivity contribution < 1.29 is 19.1 Å². The minimum absolute atomic E-state index is 0.0118. The van der Waals surface area contributed by atoms with Crippen LogP contribution in [0.1, 0.15) is 59.7 Å². The Morgan fingerprint density at radius 2 is 1.46 bits per heavy atom. The van der Waals surface area contributed by atoms with E-state index in [2.05, 4.69) is 6.92 Å². The molecule has 0 fully saturated rings. The van der Waals surface area contributed by atoms with Crippen molar-refractivity contribution in [2.75, 3.05) is 6.61 Å². The average Bonchev–Trinajstić information content (AvgIpc) is 2.67. The summed E-state index contributed by atoms with van der Waals surface area (Å²) in [6.07, 6.45) is 5.32. The van der Waals surface area contributed by atoms with Gasteiger partial charge in [-0.15, -0.1) is 0 Å². The predicted octanol–water partition coefficient (Wildman–Crippen LogP) is 6.99. The highest BCUT2D eigenvalue weighted by Gasteiger charge is 2.17. The molecular weight excluding hydrogens is 423 g/mol. The highest BCUT2D eigenvalue weighted by atomic mass is 35.5. The smallest absolute Gasteiger partial charge is 0.343 e. The van der Waals surface area contributed by atoms with Gasteiger partial charge in [0.05, 0.1) is 27.8 Å². The third-order valence-corrected chi connectivity index (χ3v) is 4.75. The van der Waals surface area contributed by atoms with Crippen LogP contribution in [0, 0.1) is 0 Å². The van der Waals surface area contributed by atoms with Crippen LogP contribution in [0.5, 0.6) is 5.75 Å². The molecule has 4 nitrogen and oxygen atoms in total. The van der Waals surface area contributed by atoms with Gasteiger partial charge in [0.25, 0.3) is 0 Å². The van der Waals surface area contributed by atoms with Crippen molar-refractivity contribution in [2.24, 2.45) is 0 Å². The second kappa shape index (κ2) is 11.3. The van der Waals surface area contributed by atoms with Crippen LogP contribution in [0.2, 0.25) is 15.1 Å². The second-order valence-electron chi connectivity index (χ2n) is 6.22. The molecule has 0 heterocycles. The fraction of sp³-hybridized carbons (Fsp3) is 0.333. The Morgan fingerprint density at radius 3 is 2.11 bits per heavy atom. The number of ether oxygens (including phenoxy) is 2. The van der Waals surface area contributed by atoms with Crippen molar-refractivity contribution >= 4 is 46.7 Å². The minimum Gasteiger partial charge on any atom is -0.462 e. The van der Waals surface area contributed by atoms with E-state index in [0.717, 1.165) is 25.7 Å². The molecule has 0 atom stereocenters. The Morgan fingerprint density at radius 1 is 0.857 bits per heavy atom. The van der Waals surface area contributed by atoms with Gasteiger partial charge in [-0.3, -0.25) is 0 Å². The van der Waals surface area contributed by atoms with Crippen LogP contribution < -0.4 is 4.74 Å². The average molecular weight is 444 g/mol. The van der Waals surface area contributed by atoms with Gasteiger partial charge in [-0.2, -0.15) is 0 Å². The van der Waals surface area contributed by atoms with Gasteiger partial charge < -0.3 is 9.47 Å². The van der Waals surface area contributed by atoms with E-state index >= 15 is 0 Å². The van der Waals surface area contributed by atoms with Crippen molar-refractivity contribution in [3.63, 3.8) is 0 Å². The van der Waals surface area contributed by atoms with Crippen LogP contribution in [0.15, 0.2) is 36.4 Å². The van der Waals surface area contributed by atoms with Crippen molar-refractivity contribution in [3.8, 4) is 5.75 Å². The number of hydrogen-bond acceptors (Lipinski definition) is 4. The Hall–Kier alpha value is -1.75. The zero-order valence-corrected chi connectivity index (χ0v) is 17.7. The first-order valence-corrected chi connectivity index (χ1v) is 10.2. The molecule has 0 spiro atoms. The molecule has 0 bridgehead atoms. The van der Waals surface area contributed by atoms with Crippen molar-refractivity contribution in [1.29, 1.82) is 0 Å². The molecule has 0 saturated heterocycles. The molecule has 0 aliphatic carbocycles. The summed E-state index contributed by atoms with van der Waals surface area (Å²) in [6, 6.07) is 8.96. The number of rotatable bonds is 9.